The highest BCUT2D eigenvalue weighted by Crippen LogP contribution is 2.48. The molecule has 150 valence electrons. The maximum absolute atomic E-state index is 12.9. The van der Waals surface area contributed by atoms with Gasteiger partial charge >= 0.3 is 6.18 Å². The van der Waals surface area contributed by atoms with Crippen LogP contribution >= 0.6 is 23.2 Å². The lowest BCUT2D eigenvalue weighted by Crippen LogP contribution is -2.16. The molecule has 1 aromatic heterocycles. The van der Waals surface area contributed by atoms with Crippen LogP contribution in [0.5, 0.6) is 0 Å². The van der Waals surface area contributed by atoms with Gasteiger partial charge in [-0.2, -0.15) is 23.7 Å². The van der Waals surface area contributed by atoms with Crippen molar-refractivity contribution >= 4 is 46.3 Å². The van der Waals surface area contributed by atoms with Crippen LogP contribution in [0, 0.1) is 29.6 Å². The molecule has 0 fully saturated rings. The Labute approximate surface area is 172 Å². The van der Waals surface area contributed by atoms with Gasteiger partial charge in [0.2, 0.25) is 6.41 Å². The number of nitriles is 2. The molecular formula is C17H11Cl2F3N6O. The van der Waals surface area contributed by atoms with E-state index in [9.17, 15) is 18.0 Å². The predicted molar refractivity (Wildman–Crippen MR) is 101 cm³/mol. The van der Waals surface area contributed by atoms with Crippen molar-refractivity contribution in [3.8, 4) is 12.1 Å². The summed E-state index contributed by atoms with van der Waals surface area (Å²) in [6.45, 7) is 1.98. The molecule has 0 aliphatic carbocycles. The van der Waals surface area contributed by atoms with Crippen molar-refractivity contribution < 1.29 is 18.0 Å². The second kappa shape index (κ2) is 8.43. The van der Waals surface area contributed by atoms with E-state index in [-0.39, 0.29) is 23.5 Å². The first-order chi connectivity index (χ1) is 13.6. The van der Waals surface area contributed by atoms with E-state index >= 15 is 0 Å². The van der Waals surface area contributed by atoms with Gasteiger partial charge in [-0.3, -0.25) is 4.79 Å². The highest BCUT2D eigenvalue weighted by atomic mass is 35.5. The van der Waals surface area contributed by atoms with Gasteiger partial charge in [-0.25, -0.2) is 4.68 Å². The predicted octanol–water partition coefficient (Wildman–Crippen LogP) is 4.14. The van der Waals surface area contributed by atoms with Crippen molar-refractivity contribution in [1.29, 1.82) is 10.5 Å². The van der Waals surface area contributed by atoms with E-state index in [1.165, 1.54) is 6.07 Å². The summed E-state index contributed by atoms with van der Waals surface area (Å²) in [7, 11) is 0. The fourth-order valence-electron chi connectivity index (χ4n) is 2.55. The molecule has 7 nitrogen and oxygen atoms in total. The first-order valence-corrected chi connectivity index (χ1v) is 8.44. The number of amides is 1. The zero-order valence-corrected chi connectivity index (χ0v) is 16.1. The first-order valence-electron chi connectivity index (χ1n) is 7.68. The van der Waals surface area contributed by atoms with Crippen LogP contribution in [0.4, 0.5) is 24.7 Å². The monoisotopic (exact) mass is 442 g/mol. The average molecular weight is 443 g/mol. The maximum Gasteiger partial charge on any atom is 0.417 e. The van der Waals surface area contributed by atoms with E-state index in [0.717, 1.165) is 5.56 Å². The van der Waals surface area contributed by atoms with Crippen molar-refractivity contribution in [3.63, 3.8) is 0 Å². The van der Waals surface area contributed by atoms with Crippen molar-refractivity contribution in [2.24, 2.45) is 0 Å². The number of nitrogens with zero attached hydrogens (tertiary/aromatic N) is 4. The van der Waals surface area contributed by atoms with Gasteiger partial charge in [0.1, 0.15) is 22.7 Å². The molecule has 12 heteroatoms. The molecule has 2 heterocycles. The van der Waals surface area contributed by atoms with Crippen LogP contribution < -0.4 is 11.1 Å². The van der Waals surface area contributed by atoms with Crippen LogP contribution in [0.1, 0.15) is 22.7 Å². The topological polar surface area (TPSA) is 121 Å². The van der Waals surface area contributed by atoms with Crippen LogP contribution in [-0.2, 0) is 4.79 Å². The highest BCUT2D eigenvalue weighted by Gasteiger charge is 2.49. The largest absolute Gasteiger partial charge is 0.417 e. The molecule has 29 heavy (non-hydrogen) atoms. The number of fused-ring (bicyclic) bond motifs is 1. The summed E-state index contributed by atoms with van der Waals surface area (Å²) in [5.41, 5.74) is 5.35. The van der Waals surface area contributed by atoms with Gasteiger partial charge in [0, 0.05) is 0 Å². The number of hydrogen-bond acceptors (Lipinski definition) is 5. The molecule has 1 aromatic carbocycles. The van der Waals surface area contributed by atoms with Crippen LogP contribution in [0.25, 0.3) is 5.16 Å². The Kier molecular flexibility index (Phi) is 6.42. The van der Waals surface area contributed by atoms with Gasteiger partial charge in [0.15, 0.2) is 5.82 Å². The molecule has 1 atom stereocenters. The number of hydrogen-bond donors (Lipinski definition) is 2. The number of alkyl halides is 3. The molecule has 1 aliphatic heterocycles. The van der Waals surface area contributed by atoms with E-state index < -0.39 is 22.8 Å². The summed E-state index contributed by atoms with van der Waals surface area (Å²) in [4.78, 5) is 10.4. The molecule has 2 aromatic rings. The molecular weight excluding hydrogens is 432 g/mol. The smallest absolute Gasteiger partial charge is 0.398 e. The number of nitrogens with one attached hydrogen (secondary N) is 1. The minimum atomic E-state index is -4.83. The van der Waals surface area contributed by atoms with E-state index in [4.69, 9.17) is 39.5 Å². The van der Waals surface area contributed by atoms with Gasteiger partial charge in [-0.05, 0) is 24.6 Å². The zero-order chi connectivity index (χ0) is 21.9. The number of rotatable bonds is 2. The summed E-state index contributed by atoms with van der Waals surface area (Å²) >= 11 is 11.2. The molecule has 0 bridgehead atoms. The van der Waals surface area contributed by atoms with Crippen molar-refractivity contribution in [3.05, 3.63) is 45.6 Å². The Bertz CT molecular complexity index is 1080. The maximum atomic E-state index is 12.9. The fourth-order valence-corrected chi connectivity index (χ4v) is 3.02. The van der Waals surface area contributed by atoms with E-state index in [2.05, 4.69) is 10.4 Å². The fraction of sp³-hybridized carbons (Fsp3) is 0.176. The number of nitrogens with two attached hydrogens (primary N) is 1. The van der Waals surface area contributed by atoms with Gasteiger partial charge in [0.25, 0.3) is 0 Å². The second-order valence-electron chi connectivity index (χ2n) is 5.68. The van der Waals surface area contributed by atoms with E-state index in [1.54, 1.807) is 12.1 Å². The molecule has 0 saturated heterocycles. The molecule has 1 amide bonds. The Morgan fingerprint density at radius 3 is 2.45 bits per heavy atom. The standard InChI is InChI=1S/C10H3ClF3N5O.C7H8ClN/c11-8-6(10(12,13)14)4(1-15)7-5(2-16)9(17-3-20)18-19(7)8;1-5-2-3-6(8)7(9)4-5/h3-4H,(H,17,18,20);2-4H,9H2,1H3. The zero-order valence-electron chi connectivity index (χ0n) is 14.6. The van der Waals surface area contributed by atoms with Gasteiger partial charge in [0.05, 0.1) is 28.0 Å². The lowest BCUT2D eigenvalue weighted by Gasteiger charge is -2.11. The molecule has 1 aliphatic rings. The lowest BCUT2D eigenvalue weighted by atomic mass is 9.97. The number of aromatic nitrogens is 2. The van der Waals surface area contributed by atoms with Crippen LogP contribution in [0.2, 0.25) is 5.02 Å². The number of benzene rings is 1. The van der Waals surface area contributed by atoms with Gasteiger partial charge in [-0.1, -0.05) is 29.3 Å². The number of halogens is 5. The number of anilines is 2. The third-order valence-corrected chi connectivity index (χ3v) is 4.49. The van der Waals surface area contributed by atoms with E-state index in [1.807, 2.05) is 19.1 Å². The Balaban J connectivity index is 0.000000278. The molecule has 0 radical (unpaired) electrons. The minimum Gasteiger partial charge on any atom is -0.398 e. The van der Waals surface area contributed by atoms with Crippen molar-refractivity contribution in [2.75, 3.05) is 11.1 Å². The quantitative estimate of drug-likeness (QED) is 0.534. The number of carbonyl (C=O) groups is 1. The van der Waals surface area contributed by atoms with Crippen LogP contribution in [0.15, 0.2) is 23.8 Å². The summed E-state index contributed by atoms with van der Waals surface area (Å²) in [5.74, 6) is -2.02. The number of aryl methyl sites for hydroxylation is 1. The normalized spacial score (nSPS) is 15.0. The third-order valence-electron chi connectivity index (χ3n) is 3.78. The van der Waals surface area contributed by atoms with Gasteiger partial charge < -0.3 is 11.1 Å². The summed E-state index contributed by atoms with van der Waals surface area (Å²) < 4.78 is 39.3. The van der Waals surface area contributed by atoms with Crippen LogP contribution in [0.3, 0.4) is 0 Å². The molecule has 0 saturated carbocycles. The summed E-state index contributed by atoms with van der Waals surface area (Å²) in [5, 5.41) is 23.4. The number of carbonyl (C=O) groups excluding carboxylic acids is 1. The number of nitrogen functional groups attached to an aromatic ring is 1. The molecule has 0 spiro atoms. The Hall–Kier alpha value is -3.21. The van der Waals surface area contributed by atoms with Crippen molar-refractivity contribution in [1.82, 2.24) is 9.78 Å². The molecule has 3 rings (SSSR count). The third kappa shape index (κ3) is 4.29. The Morgan fingerprint density at radius 2 is 2.00 bits per heavy atom. The second-order valence-corrected chi connectivity index (χ2v) is 6.45. The van der Waals surface area contributed by atoms with Crippen LogP contribution in [-0.4, -0.2) is 22.4 Å². The van der Waals surface area contributed by atoms with E-state index in [0.29, 0.717) is 15.4 Å². The number of allylic oxidation sites excluding steroid dienone is 1. The first kappa shape index (κ1) is 22.1. The Morgan fingerprint density at radius 1 is 1.34 bits per heavy atom. The lowest BCUT2D eigenvalue weighted by molar-refractivity contribution is -0.105. The molecule has 1 unspecified atom stereocenters. The molecule has 3 N–H and O–H groups in total. The van der Waals surface area contributed by atoms with Crippen molar-refractivity contribution in [2.45, 2.75) is 19.0 Å². The van der Waals surface area contributed by atoms with Gasteiger partial charge in [-0.15, -0.1) is 5.10 Å². The summed E-state index contributed by atoms with van der Waals surface area (Å²) in [6.07, 6.45) is -4.62. The average Bonchev–Trinajstić information content (AvgIpc) is 3.13. The highest BCUT2D eigenvalue weighted by molar-refractivity contribution is 6.46. The summed E-state index contributed by atoms with van der Waals surface area (Å²) in [6, 6.07) is 8.63. The SMILES string of the molecule is Cc1ccc(Cl)c(N)c1.N#Cc1c(NC=O)nn2c1C(C#N)C(C(F)(F)F)=C2Cl. The minimum absolute atomic E-state index is 0.211.